The number of anilines is 1. The molecule has 1 aliphatic carbocycles. The van der Waals surface area contributed by atoms with E-state index in [2.05, 4.69) is 22.1 Å². The normalized spacial score (nSPS) is 16.9. The highest BCUT2D eigenvalue weighted by atomic mass is 35.5. The van der Waals surface area contributed by atoms with Crippen LogP contribution in [-0.2, 0) is 9.53 Å². The second-order valence-corrected chi connectivity index (χ2v) is 10.2. The molecule has 1 saturated heterocycles. The highest BCUT2D eigenvalue weighted by molar-refractivity contribution is 7.22. The SMILES string of the molecule is CCCN(c1ncc(Cl)c(-c2cc3c(C(=O)OC4(C(N)=O)C=C4)cccc3s2)n1)C1CCNCC1. The molecule has 3 N–H and O–H groups in total. The maximum Gasteiger partial charge on any atom is 0.340 e. The Balaban J connectivity index is 1.49. The van der Waals surface area contributed by atoms with Crippen molar-refractivity contribution in [3.63, 3.8) is 0 Å². The van der Waals surface area contributed by atoms with Crippen LogP contribution in [0.2, 0.25) is 5.02 Å². The lowest BCUT2D eigenvalue weighted by atomic mass is 10.0. The monoisotopic (exact) mass is 511 g/mol. The van der Waals surface area contributed by atoms with E-state index in [1.165, 1.54) is 23.5 Å². The van der Waals surface area contributed by atoms with E-state index in [0.29, 0.717) is 33.7 Å². The fourth-order valence-electron chi connectivity index (χ4n) is 4.40. The summed E-state index contributed by atoms with van der Waals surface area (Å²) < 4.78 is 6.29. The number of primary amides is 1. The molecule has 35 heavy (non-hydrogen) atoms. The van der Waals surface area contributed by atoms with Crippen molar-refractivity contribution < 1.29 is 14.3 Å². The van der Waals surface area contributed by atoms with E-state index in [0.717, 1.165) is 48.5 Å². The van der Waals surface area contributed by atoms with Gasteiger partial charge in [-0.3, -0.25) is 4.79 Å². The van der Waals surface area contributed by atoms with Gasteiger partial charge in [0.2, 0.25) is 11.5 Å². The molecule has 0 bridgehead atoms. The molecule has 1 amide bonds. The summed E-state index contributed by atoms with van der Waals surface area (Å²) in [6.07, 6.45) is 7.66. The van der Waals surface area contributed by atoms with E-state index in [1.54, 1.807) is 18.3 Å². The van der Waals surface area contributed by atoms with Gasteiger partial charge in [-0.2, -0.15) is 0 Å². The van der Waals surface area contributed by atoms with Gasteiger partial charge in [0.15, 0.2) is 0 Å². The number of fused-ring (bicyclic) bond motifs is 1. The van der Waals surface area contributed by atoms with Gasteiger partial charge in [-0.05, 0) is 62.7 Å². The smallest absolute Gasteiger partial charge is 0.340 e. The molecule has 5 rings (SSSR count). The summed E-state index contributed by atoms with van der Waals surface area (Å²) in [5.41, 5.74) is 4.94. The van der Waals surface area contributed by atoms with E-state index in [1.807, 2.05) is 12.1 Å². The molecular formula is C25H26ClN5O3S. The molecule has 0 atom stereocenters. The Morgan fingerprint density at radius 3 is 2.77 bits per heavy atom. The first-order chi connectivity index (χ1) is 16.9. The van der Waals surface area contributed by atoms with E-state index in [9.17, 15) is 9.59 Å². The molecule has 8 nitrogen and oxygen atoms in total. The van der Waals surface area contributed by atoms with E-state index >= 15 is 0 Å². The van der Waals surface area contributed by atoms with Crippen molar-refractivity contribution in [3.8, 4) is 10.6 Å². The molecule has 2 aromatic heterocycles. The maximum absolute atomic E-state index is 12.9. The number of nitrogens with two attached hydrogens (primary N) is 1. The fourth-order valence-corrected chi connectivity index (χ4v) is 5.74. The molecule has 2 aliphatic rings. The summed E-state index contributed by atoms with van der Waals surface area (Å²) in [5.74, 6) is -0.661. The molecule has 0 radical (unpaired) electrons. The molecule has 1 aromatic carbocycles. The largest absolute Gasteiger partial charge is 0.437 e. The van der Waals surface area contributed by atoms with Crippen molar-refractivity contribution in [1.29, 1.82) is 0 Å². The van der Waals surface area contributed by atoms with Crippen LogP contribution in [0.5, 0.6) is 0 Å². The predicted molar refractivity (Wildman–Crippen MR) is 138 cm³/mol. The molecule has 3 heterocycles. The minimum Gasteiger partial charge on any atom is -0.437 e. The molecule has 1 aliphatic heterocycles. The number of nitrogens with zero attached hydrogens (tertiary/aromatic N) is 3. The number of esters is 1. The van der Waals surface area contributed by atoms with Crippen LogP contribution in [0.25, 0.3) is 20.7 Å². The molecule has 3 aromatic rings. The molecule has 0 spiro atoms. The first-order valence-corrected chi connectivity index (χ1v) is 12.9. The summed E-state index contributed by atoms with van der Waals surface area (Å²) in [4.78, 5) is 37.1. The van der Waals surface area contributed by atoms with Crippen molar-refractivity contribution >= 4 is 50.8 Å². The second kappa shape index (κ2) is 9.56. The molecule has 0 saturated carbocycles. The first-order valence-electron chi connectivity index (χ1n) is 11.7. The number of hydrogen-bond donors (Lipinski definition) is 2. The lowest BCUT2D eigenvalue weighted by molar-refractivity contribution is -0.127. The van der Waals surface area contributed by atoms with Crippen molar-refractivity contribution in [2.24, 2.45) is 5.73 Å². The van der Waals surface area contributed by atoms with Gasteiger partial charge < -0.3 is 20.7 Å². The van der Waals surface area contributed by atoms with Gasteiger partial charge in [-0.15, -0.1) is 11.3 Å². The zero-order chi connectivity index (χ0) is 24.6. The second-order valence-electron chi connectivity index (χ2n) is 8.75. The number of piperidine rings is 1. The van der Waals surface area contributed by atoms with Gasteiger partial charge in [0.25, 0.3) is 5.91 Å². The van der Waals surface area contributed by atoms with Gasteiger partial charge in [-0.25, -0.2) is 14.8 Å². The number of carbonyl (C=O) groups is 2. The summed E-state index contributed by atoms with van der Waals surface area (Å²) in [5, 5.41) is 4.56. The quantitative estimate of drug-likeness (QED) is 0.348. The van der Waals surface area contributed by atoms with Crippen LogP contribution in [0.15, 0.2) is 42.6 Å². The van der Waals surface area contributed by atoms with Crippen molar-refractivity contribution in [2.75, 3.05) is 24.5 Å². The average Bonchev–Trinajstić information content (AvgIpc) is 3.52. The van der Waals surface area contributed by atoms with Crippen molar-refractivity contribution in [3.05, 3.63) is 53.2 Å². The van der Waals surface area contributed by atoms with Crippen LogP contribution in [0.4, 0.5) is 5.95 Å². The number of nitrogens with one attached hydrogen (secondary N) is 1. The Bertz CT molecular complexity index is 1310. The third kappa shape index (κ3) is 4.63. The molecule has 1 fully saturated rings. The Kier molecular flexibility index (Phi) is 6.48. The number of carbonyl (C=O) groups excluding carboxylic acids is 2. The average molecular weight is 512 g/mol. The number of amides is 1. The van der Waals surface area contributed by atoms with E-state index < -0.39 is 17.5 Å². The Labute approximate surface area is 212 Å². The lowest BCUT2D eigenvalue weighted by Crippen LogP contribution is -2.44. The van der Waals surface area contributed by atoms with Crippen LogP contribution in [0.1, 0.15) is 36.5 Å². The Morgan fingerprint density at radius 1 is 1.31 bits per heavy atom. The number of thiophene rings is 1. The number of hydrogen-bond acceptors (Lipinski definition) is 8. The predicted octanol–water partition coefficient (Wildman–Crippen LogP) is 3.93. The first kappa shape index (κ1) is 23.7. The summed E-state index contributed by atoms with van der Waals surface area (Å²) in [6, 6.07) is 7.64. The zero-order valence-electron chi connectivity index (χ0n) is 19.3. The van der Waals surface area contributed by atoms with Crippen LogP contribution < -0.4 is 16.0 Å². The Hall–Kier alpha value is -3.01. The van der Waals surface area contributed by atoms with Crippen molar-refractivity contribution in [1.82, 2.24) is 15.3 Å². The van der Waals surface area contributed by atoms with E-state index in [4.69, 9.17) is 27.1 Å². The van der Waals surface area contributed by atoms with Gasteiger partial charge >= 0.3 is 5.97 Å². The zero-order valence-corrected chi connectivity index (χ0v) is 20.9. The number of benzene rings is 1. The van der Waals surface area contributed by atoms with Gasteiger partial charge in [0.05, 0.1) is 21.7 Å². The number of rotatable bonds is 8. The fraction of sp³-hybridized carbons (Fsp3) is 0.360. The Morgan fingerprint density at radius 2 is 2.09 bits per heavy atom. The third-order valence-electron chi connectivity index (χ3n) is 6.33. The minimum absolute atomic E-state index is 0.354. The van der Waals surface area contributed by atoms with Crippen LogP contribution in [-0.4, -0.2) is 53.1 Å². The van der Waals surface area contributed by atoms with E-state index in [-0.39, 0.29) is 0 Å². The van der Waals surface area contributed by atoms with Gasteiger partial charge in [0, 0.05) is 22.7 Å². The molecule has 0 unspecified atom stereocenters. The summed E-state index contributed by atoms with van der Waals surface area (Å²) >= 11 is 8.05. The van der Waals surface area contributed by atoms with Crippen LogP contribution in [0, 0.1) is 0 Å². The van der Waals surface area contributed by atoms with Crippen LogP contribution in [0.3, 0.4) is 0 Å². The molecule has 10 heteroatoms. The summed E-state index contributed by atoms with van der Waals surface area (Å²) in [6.45, 7) is 4.97. The van der Waals surface area contributed by atoms with Gasteiger partial charge in [0.1, 0.15) is 5.69 Å². The minimum atomic E-state index is -1.42. The topological polar surface area (TPSA) is 110 Å². The lowest BCUT2D eigenvalue weighted by Gasteiger charge is -2.34. The van der Waals surface area contributed by atoms with Crippen molar-refractivity contribution in [2.45, 2.75) is 37.8 Å². The number of aromatic nitrogens is 2. The highest BCUT2D eigenvalue weighted by Crippen LogP contribution is 2.39. The van der Waals surface area contributed by atoms with Crippen LogP contribution >= 0.6 is 22.9 Å². The standard InChI is InChI=1S/C25H26ClN5O3S/c1-2-12-31(15-6-10-28-11-7-15)24-29-14-18(26)21(30-24)20-13-17-16(4-3-5-19(17)35-20)22(32)34-25(8-9-25)23(27)33/h3-5,8-9,13-15,28H,2,6-7,10-12H2,1H3,(H2,27,33). The summed E-state index contributed by atoms with van der Waals surface area (Å²) in [7, 11) is 0. The maximum atomic E-state index is 12.9. The van der Waals surface area contributed by atoms with Gasteiger partial charge in [-0.1, -0.05) is 24.6 Å². The molecule has 182 valence electrons. The number of ether oxygens (including phenoxy) is 1. The number of halogens is 1. The third-order valence-corrected chi connectivity index (χ3v) is 7.72. The highest BCUT2D eigenvalue weighted by Gasteiger charge is 2.45. The molecular weight excluding hydrogens is 486 g/mol.